The summed E-state index contributed by atoms with van der Waals surface area (Å²) in [5.74, 6) is 1.96. The van der Waals surface area contributed by atoms with Crippen LogP contribution in [-0.4, -0.2) is 23.5 Å². The molecule has 18 heavy (non-hydrogen) atoms. The van der Waals surface area contributed by atoms with E-state index in [0.29, 0.717) is 5.56 Å². The van der Waals surface area contributed by atoms with Gasteiger partial charge in [0.05, 0.1) is 5.56 Å². The van der Waals surface area contributed by atoms with Crippen LogP contribution in [0.2, 0.25) is 0 Å². The van der Waals surface area contributed by atoms with Crippen molar-refractivity contribution in [3.63, 3.8) is 0 Å². The Hall–Kier alpha value is -1.21. The van der Waals surface area contributed by atoms with Gasteiger partial charge in [-0.05, 0) is 50.3 Å². The molecule has 0 radical (unpaired) electrons. The number of rotatable bonds is 7. The van der Waals surface area contributed by atoms with Gasteiger partial charge in [-0.15, -0.1) is 0 Å². The third-order valence-corrected chi connectivity index (χ3v) is 3.47. The monoisotopic (exact) mass is 263 g/mol. The topological polar surface area (TPSA) is 48.7 Å². The van der Waals surface area contributed by atoms with Crippen LogP contribution in [0.1, 0.15) is 36.1 Å². The van der Waals surface area contributed by atoms with Crippen LogP contribution in [0.25, 0.3) is 0 Å². The average molecular weight is 263 g/mol. The predicted octanol–water partition coefficient (Wildman–Crippen LogP) is 3.52. The van der Waals surface area contributed by atoms with E-state index in [0.717, 1.165) is 30.0 Å². The summed E-state index contributed by atoms with van der Waals surface area (Å²) in [5.41, 5.74) is 2.62. The number of unbranched alkanes of at least 4 members (excludes halogenated alkanes) is 2. The quantitative estimate of drug-likeness (QED) is 0.765. The number of aromatic nitrogens is 1. The van der Waals surface area contributed by atoms with Crippen molar-refractivity contribution in [1.82, 2.24) is 4.98 Å². The molecule has 0 aliphatic carbocycles. The lowest BCUT2D eigenvalue weighted by Crippen LogP contribution is -2.07. The van der Waals surface area contributed by atoms with E-state index < -0.39 is 0 Å². The molecule has 0 spiro atoms. The first kappa shape index (κ1) is 14.8. The molecule has 0 bridgehead atoms. The molecule has 4 heteroatoms. The molecular weight excluding hydrogens is 242 g/mol. The number of hydrogen-bond donors (Lipinski definition) is 1. The highest BCUT2D eigenvalue weighted by Crippen LogP contribution is 2.17. The first-order valence-electron chi connectivity index (χ1n) is 6.30. The number of nitrogens with one attached hydrogen (secondary N) is 1. The molecule has 98 valence electrons. The van der Waals surface area contributed by atoms with E-state index in [9.17, 15) is 0 Å². The van der Waals surface area contributed by atoms with Crippen molar-refractivity contribution >= 4 is 17.6 Å². The Morgan fingerprint density at radius 3 is 2.78 bits per heavy atom. The Bertz CT molecular complexity index is 424. The minimum absolute atomic E-state index is 0.671. The minimum Gasteiger partial charge on any atom is -0.369 e. The fourth-order valence-corrected chi connectivity index (χ4v) is 2.35. The Labute approximate surface area is 114 Å². The Morgan fingerprint density at radius 1 is 1.33 bits per heavy atom. The van der Waals surface area contributed by atoms with Gasteiger partial charge in [0.2, 0.25) is 0 Å². The highest BCUT2D eigenvalue weighted by molar-refractivity contribution is 7.98. The molecule has 1 aromatic heterocycles. The normalized spacial score (nSPS) is 10.1. The summed E-state index contributed by atoms with van der Waals surface area (Å²) >= 11 is 1.89. The lowest BCUT2D eigenvalue weighted by Gasteiger charge is -2.10. The number of nitrogens with zero attached hydrogens (tertiary/aromatic N) is 2. The third kappa shape index (κ3) is 4.58. The SMILES string of the molecule is CSCCCCCNc1nc(C)cc(C)c1C#N. The van der Waals surface area contributed by atoms with Crippen molar-refractivity contribution in [1.29, 1.82) is 5.26 Å². The Balaban J connectivity index is 2.49. The molecule has 0 unspecified atom stereocenters. The van der Waals surface area contributed by atoms with Gasteiger partial charge < -0.3 is 5.32 Å². The van der Waals surface area contributed by atoms with E-state index in [4.69, 9.17) is 5.26 Å². The zero-order chi connectivity index (χ0) is 13.4. The second-order valence-corrected chi connectivity index (χ2v) is 5.38. The van der Waals surface area contributed by atoms with Crippen molar-refractivity contribution in [3.8, 4) is 6.07 Å². The van der Waals surface area contributed by atoms with E-state index in [2.05, 4.69) is 22.6 Å². The molecule has 0 amide bonds. The van der Waals surface area contributed by atoms with Crippen molar-refractivity contribution in [2.45, 2.75) is 33.1 Å². The molecule has 0 saturated carbocycles. The van der Waals surface area contributed by atoms with Crippen molar-refractivity contribution in [3.05, 3.63) is 22.9 Å². The van der Waals surface area contributed by atoms with Gasteiger partial charge in [-0.1, -0.05) is 6.42 Å². The number of hydrogen-bond acceptors (Lipinski definition) is 4. The van der Waals surface area contributed by atoms with Crippen LogP contribution in [-0.2, 0) is 0 Å². The summed E-state index contributed by atoms with van der Waals surface area (Å²) in [4.78, 5) is 4.40. The van der Waals surface area contributed by atoms with E-state index in [-0.39, 0.29) is 0 Å². The van der Waals surface area contributed by atoms with Crippen LogP contribution in [0, 0.1) is 25.2 Å². The summed E-state index contributed by atoms with van der Waals surface area (Å²) in [6.45, 7) is 4.80. The molecule has 1 heterocycles. The number of thioether (sulfide) groups is 1. The smallest absolute Gasteiger partial charge is 0.144 e. The second kappa shape index (κ2) is 7.99. The summed E-state index contributed by atoms with van der Waals surface area (Å²) < 4.78 is 0. The molecule has 1 rings (SSSR count). The molecular formula is C14H21N3S. The summed E-state index contributed by atoms with van der Waals surface area (Å²) in [7, 11) is 0. The van der Waals surface area contributed by atoms with Crippen molar-refractivity contribution in [2.75, 3.05) is 23.9 Å². The van der Waals surface area contributed by atoms with Crippen molar-refractivity contribution < 1.29 is 0 Å². The van der Waals surface area contributed by atoms with Crippen LogP contribution in [0.3, 0.4) is 0 Å². The fourth-order valence-electron chi connectivity index (χ4n) is 1.86. The van der Waals surface area contributed by atoms with Crippen LogP contribution in [0.5, 0.6) is 0 Å². The third-order valence-electron chi connectivity index (χ3n) is 2.77. The van der Waals surface area contributed by atoms with Crippen LogP contribution < -0.4 is 5.32 Å². The van der Waals surface area contributed by atoms with Gasteiger partial charge in [0.25, 0.3) is 0 Å². The highest BCUT2D eigenvalue weighted by Gasteiger charge is 2.07. The molecule has 0 aromatic carbocycles. The summed E-state index contributed by atoms with van der Waals surface area (Å²) in [6, 6.07) is 4.17. The largest absolute Gasteiger partial charge is 0.369 e. The molecule has 0 atom stereocenters. The van der Waals surface area contributed by atoms with Gasteiger partial charge in [-0.2, -0.15) is 17.0 Å². The second-order valence-electron chi connectivity index (χ2n) is 4.40. The number of aryl methyl sites for hydroxylation is 2. The molecule has 1 N–H and O–H groups in total. The molecule has 1 aromatic rings. The van der Waals surface area contributed by atoms with E-state index in [1.54, 1.807) is 0 Å². The highest BCUT2D eigenvalue weighted by atomic mass is 32.2. The predicted molar refractivity (Wildman–Crippen MR) is 79.1 cm³/mol. The van der Waals surface area contributed by atoms with Crippen molar-refractivity contribution in [2.24, 2.45) is 0 Å². The lowest BCUT2D eigenvalue weighted by atomic mass is 10.1. The maximum Gasteiger partial charge on any atom is 0.144 e. The van der Waals surface area contributed by atoms with Crippen LogP contribution in [0.4, 0.5) is 5.82 Å². The van der Waals surface area contributed by atoms with Gasteiger partial charge in [-0.25, -0.2) is 4.98 Å². The zero-order valence-corrected chi connectivity index (χ0v) is 12.2. The Kier molecular flexibility index (Phi) is 6.59. The van der Waals surface area contributed by atoms with E-state index >= 15 is 0 Å². The van der Waals surface area contributed by atoms with E-state index in [1.807, 2.05) is 31.7 Å². The molecule has 0 fully saturated rings. The van der Waals surface area contributed by atoms with Gasteiger partial charge >= 0.3 is 0 Å². The van der Waals surface area contributed by atoms with Gasteiger partial charge in [0.1, 0.15) is 11.9 Å². The summed E-state index contributed by atoms with van der Waals surface area (Å²) in [5, 5.41) is 12.4. The molecule has 0 saturated heterocycles. The lowest BCUT2D eigenvalue weighted by molar-refractivity contribution is 0.748. The first-order valence-corrected chi connectivity index (χ1v) is 7.69. The van der Waals surface area contributed by atoms with Crippen LogP contribution in [0.15, 0.2) is 6.07 Å². The maximum atomic E-state index is 9.13. The number of nitriles is 1. The number of anilines is 1. The molecule has 3 nitrogen and oxygen atoms in total. The Morgan fingerprint density at radius 2 is 2.11 bits per heavy atom. The summed E-state index contributed by atoms with van der Waals surface area (Å²) in [6.07, 6.45) is 5.74. The standard InChI is InChI=1S/C14H21N3S/c1-11-9-12(2)17-14(13(11)10-15)16-7-5-4-6-8-18-3/h9H,4-8H2,1-3H3,(H,16,17). The van der Waals surface area contributed by atoms with E-state index in [1.165, 1.54) is 18.6 Å². The average Bonchev–Trinajstić information content (AvgIpc) is 2.33. The van der Waals surface area contributed by atoms with Gasteiger partial charge in [-0.3, -0.25) is 0 Å². The first-order chi connectivity index (χ1) is 8.69. The number of pyridine rings is 1. The minimum atomic E-state index is 0.671. The molecule has 0 aliphatic heterocycles. The fraction of sp³-hybridized carbons (Fsp3) is 0.571. The molecule has 0 aliphatic rings. The van der Waals surface area contributed by atoms with Crippen LogP contribution >= 0.6 is 11.8 Å². The van der Waals surface area contributed by atoms with Gasteiger partial charge in [0, 0.05) is 12.2 Å². The maximum absolute atomic E-state index is 9.13. The van der Waals surface area contributed by atoms with Gasteiger partial charge in [0.15, 0.2) is 0 Å². The zero-order valence-electron chi connectivity index (χ0n) is 11.4.